The number of hydrogen-bond acceptors (Lipinski definition) is 1. The highest BCUT2D eigenvalue weighted by atomic mass is 16.2. The lowest BCUT2D eigenvalue weighted by molar-refractivity contribution is 0.146. The van der Waals surface area contributed by atoms with Crippen LogP contribution >= 0.6 is 0 Å². The molecule has 0 N–H and O–H groups in total. The molecule has 0 spiro atoms. The number of carbonyl (C=O) groups is 1. The molecular weight excluding hydrogens is 152 g/mol. The van der Waals surface area contributed by atoms with E-state index in [1.807, 2.05) is 19.0 Å². The Labute approximate surface area is 74.3 Å². The predicted octanol–water partition coefficient (Wildman–Crippen LogP) is 1.40. The number of hydrogen-bond donors (Lipinski definition) is 0. The first kappa shape index (κ1) is 9.36. The van der Waals surface area contributed by atoms with Gasteiger partial charge in [-0.05, 0) is 18.8 Å². The van der Waals surface area contributed by atoms with Crippen LogP contribution in [0.1, 0.15) is 19.8 Å². The molecule has 1 atom stereocenters. The first-order valence-electron chi connectivity index (χ1n) is 4.57. The van der Waals surface area contributed by atoms with Gasteiger partial charge < -0.3 is 9.80 Å². The molecule has 12 heavy (non-hydrogen) atoms. The highest BCUT2D eigenvalue weighted by Gasteiger charge is 2.21. The Hall–Kier alpha value is -0.730. The molecule has 0 radical (unpaired) electrons. The van der Waals surface area contributed by atoms with E-state index < -0.39 is 0 Å². The third-order valence-electron chi connectivity index (χ3n) is 2.31. The quantitative estimate of drug-likeness (QED) is 0.539. The molecule has 0 saturated carbocycles. The van der Waals surface area contributed by atoms with Gasteiger partial charge in [0.1, 0.15) is 0 Å². The van der Waals surface area contributed by atoms with E-state index in [0.29, 0.717) is 5.92 Å². The van der Waals surface area contributed by atoms with Crippen LogP contribution in [0.5, 0.6) is 0 Å². The number of piperidine rings is 1. The van der Waals surface area contributed by atoms with Crippen LogP contribution in [0.25, 0.3) is 0 Å². The molecule has 0 bridgehead atoms. The number of amides is 2. The van der Waals surface area contributed by atoms with Gasteiger partial charge >= 0.3 is 6.03 Å². The smallest absolute Gasteiger partial charge is 0.319 e. The largest absolute Gasteiger partial charge is 0.331 e. The first-order valence-corrected chi connectivity index (χ1v) is 4.57. The van der Waals surface area contributed by atoms with Gasteiger partial charge in [0, 0.05) is 27.2 Å². The zero-order chi connectivity index (χ0) is 9.14. The Morgan fingerprint density at radius 1 is 1.50 bits per heavy atom. The summed E-state index contributed by atoms with van der Waals surface area (Å²) >= 11 is 0. The van der Waals surface area contributed by atoms with Crippen LogP contribution in [0.3, 0.4) is 0 Å². The van der Waals surface area contributed by atoms with Crippen LogP contribution in [-0.2, 0) is 0 Å². The van der Waals surface area contributed by atoms with Crippen LogP contribution in [0.4, 0.5) is 4.79 Å². The fraction of sp³-hybridized carbons (Fsp3) is 0.889. The van der Waals surface area contributed by atoms with Gasteiger partial charge in [-0.15, -0.1) is 0 Å². The number of rotatable bonds is 0. The van der Waals surface area contributed by atoms with Crippen molar-refractivity contribution in [2.24, 2.45) is 5.92 Å². The summed E-state index contributed by atoms with van der Waals surface area (Å²) in [5, 5.41) is 0. The summed E-state index contributed by atoms with van der Waals surface area (Å²) in [4.78, 5) is 15.1. The van der Waals surface area contributed by atoms with Crippen molar-refractivity contribution in [2.75, 3.05) is 27.2 Å². The molecule has 1 aliphatic heterocycles. The third-order valence-corrected chi connectivity index (χ3v) is 2.31. The number of nitrogens with zero attached hydrogens (tertiary/aromatic N) is 2. The monoisotopic (exact) mass is 170 g/mol. The van der Waals surface area contributed by atoms with Crippen LogP contribution < -0.4 is 0 Å². The van der Waals surface area contributed by atoms with E-state index in [-0.39, 0.29) is 6.03 Å². The van der Waals surface area contributed by atoms with E-state index in [1.165, 1.54) is 6.42 Å². The molecular formula is C9H18N2O. The van der Waals surface area contributed by atoms with Crippen molar-refractivity contribution >= 4 is 6.03 Å². The maximum absolute atomic E-state index is 11.5. The lowest BCUT2D eigenvalue weighted by Gasteiger charge is -2.32. The second kappa shape index (κ2) is 3.78. The van der Waals surface area contributed by atoms with Gasteiger partial charge in [-0.1, -0.05) is 6.92 Å². The van der Waals surface area contributed by atoms with Gasteiger partial charge in [-0.25, -0.2) is 4.79 Å². The Kier molecular flexibility index (Phi) is 2.95. The Morgan fingerprint density at radius 3 is 2.67 bits per heavy atom. The Morgan fingerprint density at radius 2 is 2.17 bits per heavy atom. The minimum Gasteiger partial charge on any atom is -0.331 e. The summed E-state index contributed by atoms with van der Waals surface area (Å²) in [6, 6.07) is 0.154. The molecule has 2 amide bonds. The van der Waals surface area contributed by atoms with Crippen LogP contribution in [0.15, 0.2) is 0 Å². The summed E-state index contributed by atoms with van der Waals surface area (Å²) in [6.07, 6.45) is 2.41. The minimum atomic E-state index is 0.154. The molecule has 70 valence electrons. The number of urea groups is 1. The van der Waals surface area contributed by atoms with E-state index in [1.54, 1.807) is 4.90 Å². The highest BCUT2D eigenvalue weighted by Crippen LogP contribution is 2.15. The van der Waals surface area contributed by atoms with Crippen molar-refractivity contribution < 1.29 is 4.79 Å². The summed E-state index contributed by atoms with van der Waals surface area (Å²) in [6.45, 7) is 4.06. The fourth-order valence-corrected chi connectivity index (χ4v) is 1.65. The molecule has 0 aromatic rings. The van der Waals surface area contributed by atoms with Crippen molar-refractivity contribution in [2.45, 2.75) is 19.8 Å². The third kappa shape index (κ3) is 2.13. The van der Waals surface area contributed by atoms with Gasteiger partial charge in [0.05, 0.1) is 0 Å². The second-order valence-corrected chi connectivity index (χ2v) is 3.87. The topological polar surface area (TPSA) is 23.6 Å². The van der Waals surface area contributed by atoms with E-state index in [4.69, 9.17) is 0 Å². The lowest BCUT2D eigenvalue weighted by atomic mass is 10.0. The van der Waals surface area contributed by atoms with E-state index in [2.05, 4.69) is 6.92 Å². The Bertz CT molecular complexity index is 168. The molecule has 3 heteroatoms. The molecule has 1 unspecified atom stereocenters. The van der Waals surface area contributed by atoms with Crippen molar-refractivity contribution in [1.82, 2.24) is 9.80 Å². The summed E-state index contributed by atoms with van der Waals surface area (Å²) in [5.41, 5.74) is 0. The summed E-state index contributed by atoms with van der Waals surface area (Å²) in [7, 11) is 3.61. The average Bonchev–Trinajstić information content (AvgIpc) is 2.03. The zero-order valence-electron chi connectivity index (χ0n) is 8.21. The standard InChI is InChI=1S/C9H18N2O/c1-8-5-4-6-11(7-8)9(12)10(2)3/h8H,4-7H2,1-3H3. The predicted molar refractivity (Wildman–Crippen MR) is 49.1 cm³/mol. The maximum Gasteiger partial charge on any atom is 0.319 e. The molecule has 3 nitrogen and oxygen atoms in total. The van der Waals surface area contributed by atoms with Crippen molar-refractivity contribution in [3.8, 4) is 0 Å². The van der Waals surface area contributed by atoms with Gasteiger partial charge in [0.15, 0.2) is 0 Å². The van der Waals surface area contributed by atoms with Gasteiger partial charge in [0.25, 0.3) is 0 Å². The first-order chi connectivity index (χ1) is 5.61. The molecule has 0 aliphatic carbocycles. The molecule has 1 rings (SSSR count). The number of likely N-dealkylation sites (tertiary alicyclic amines) is 1. The lowest BCUT2D eigenvalue weighted by Crippen LogP contribution is -2.44. The molecule has 1 fully saturated rings. The molecule has 0 aromatic heterocycles. The van der Waals surface area contributed by atoms with E-state index in [0.717, 1.165) is 19.5 Å². The average molecular weight is 170 g/mol. The molecule has 0 aromatic carbocycles. The fourth-order valence-electron chi connectivity index (χ4n) is 1.65. The normalized spacial score (nSPS) is 23.9. The SMILES string of the molecule is CC1CCCN(C(=O)N(C)C)C1. The van der Waals surface area contributed by atoms with Gasteiger partial charge in [0.2, 0.25) is 0 Å². The Balaban J connectivity index is 2.46. The molecule has 1 heterocycles. The van der Waals surface area contributed by atoms with Crippen molar-refractivity contribution in [3.05, 3.63) is 0 Å². The van der Waals surface area contributed by atoms with E-state index in [9.17, 15) is 4.79 Å². The summed E-state index contributed by atoms with van der Waals surface area (Å²) in [5.74, 6) is 0.669. The molecule has 1 aliphatic rings. The van der Waals surface area contributed by atoms with Gasteiger partial charge in [-0.3, -0.25) is 0 Å². The van der Waals surface area contributed by atoms with Crippen LogP contribution in [-0.4, -0.2) is 43.0 Å². The van der Waals surface area contributed by atoms with Crippen molar-refractivity contribution in [3.63, 3.8) is 0 Å². The zero-order valence-corrected chi connectivity index (χ0v) is 8.21. The van der Waals surface area contributed by atoms with Crippen molar-refractivity contribution in [1.29, 1.82) is 0 Å². The minimum absolute atomic E-state index is 0.154. The summed E-state index contributed by atoms with van der Waals surface area (Å²) < 4.78 is 0. The maximum atomic E-state index is 11.5. The van der Waals surface area contributed by atoms with E-state index >= 15 is 0 Å². The van der Waals surface area contributed by atoms with Crippen LogP contribution in [0, 0.1) is 5.92 Å². The highest BCUT2D eigenvalue weighted by molar-refractivity contribution is 5.73. The second-order valence-electron chi connectivity index (χ2n) is 3.87. The molecule has 1 saturated heterocycles. The van der Waals surface area contributed by atoms with Crippen LogP contribution in [0.2, 0.25) is 0 Å². The number of carbonyl (C=O) groups excluding carboxylic acids is 1. The van der Waals surface area contributed by atoms with Gasteiger partial charge in [-0.2, -0.15) is 0 Å².